The van der Waals surface area contributed by atoms with Crippen LogP contribution in [0.1, 0.15) is 49.5 Å². The summed E-state index contributed by atoms with van der Waals surface area (Å²) in [4.78, 5) is 15.4. The number of amides is 1. The Bertz CT molecular complexity index is 1090. The highest BCUT2D eigenvalue weighted by atomic mass is 32.2. The van der Waals surface area contributed by atoms with Crippen molar-refractivity contribution >= 4 is 15.9 Å². The minimum atomic E-state index is -3.88. The van der Waals surface area contributed by atoms with Crippen molar-refractivity contribution in [3.8, 4) is 5.75 Å². The highest BCUT2D eigenvalue weighted by Gasteiger charge is 2.31. The Morgan fingerprint density at radius 2 is 1.91 bits per heavy atom. The molecule has 1 amide bonds. The number of nitrogens with zero attached hydrogens (tertiary/aromatic N) is 2. The molecule has 34 heavy (non-hydrogen) atoms. The number of carbonyl (C=O) groups is 1. The predicted octanol–water partition coefficient (Wildman–Crippen LogP) is 3.76. The van der Waals surface area contributed by atoms with Crippen molar-refractivity contribution in [1.29, 1.82) is 0 Å². The summed E-state index contributed by atoms with van der Waals surface area (Å²) in [7, 11) is -0.934. The van der Waals surface area contributed by atoms with E-state index in [0.717, 1.165) is 25.1 Å². The van der Waals surface area contributed by atoms with Crippen LogP contribution in [0.4, 0.5) is 0 Å². The number of rotatable bonds is 9. The fourth-order valence-corrected chi connectivity index (χ4v) is 5.70. The fourth-order valence-electron chi connectivity index (χ4n) is 4.36. The molecular weight excluding hydrogens is 450 g/mol. The first-order chi connectivity index (χ1) is 16.0. The van der Waals surface area contributed by atoms with Crippen LogP contribution in [0.25, 0.3) is 0 Å². The second kappa shape index (κ2) is 10.9. The molecule has 0 spiro atoms. The van der Waals surface area contributed by atoms with Gasteiger partial charge in [-0.2, -0.15) is 4.31 Å². The van der Waals surface area contributed by atoms with E-state index in [1.807, 2.05) is 30.3 Å². The van der Waals surface area contributed by atoms with Crippen LogP contribution in [0.5, 0.6) is 5.75 Å². The number of carbonyl (C=O) groups excluding carboxylic acids is 1. The van der Waals surface area contributed by atoms with Gasteiger partial charge in [0.15, 0.2) is 0 Å². The second-order valence-electron chi connectivity index (χ2n) is 9.80. The van der Waals surface area contributed by atoms with Crippen LogP contribution in [-0.2, 0) is 16.6 Å². The fraction of sp³-hybridized carbons (Fsp3) is 0.500. The summed E-state index contributed by atoms with van der Waals surface area (Å²) in [6, 6.07) is 13.9. The largest absolute Gasteiger partial charge is 0.495 e. The van der Waals surface area contributed by atoms with Crippen LogP contribution in [0.2, 0.25) is 0 Å². The number of nitrogens with one attached hydrogen (secondary N) is 1. The minimum Gasteiger partial charge on any atom is -0.495 e. The third-order valence-electron chi connectivity index (χ3n) is 6.56. The maximum atomic E-state index is 13.4. The van der Waals surface area contributed by atoms with E-state index < -0.39 is 10.0 Å². The average Bonchev–Trinajstić information content (AvgIpc) is 2.82. The molecule has 3 rings (SSSR count). The molecule has 0 radical (unpaired) electrons. The molecule has 1 saturated heterocycles. The monoisotopic (exact) mass is 487 g/mol. The third kappa shape index (κ3) is 6.17. The molecule has 8 heteroatoms. The topological polar surface area (TPSA) is 79.0 Å². The lowest BCUT2D eigenvalue weighted by atomic mass is 9.93. The van der Waals surface area contributed by atoms with Crippen molar-refractivity contribution in [3.05, 3.63) is 59.7 Å². The van der Waals surface area contributed by atoms with Gasteiger partial charge < -0.3 is 10.1 Å². The maximum Gasteiger partial charge on any atom is 0.251 e. The van der Waals surface area contributed by atoms with Gasteiger partial charge in [-0.1, -0.05) is 37.3 Å². The Kier molecular flexibility index (Phi) is 8.38. The zero-order valence-electron chi connectivity index (χ0n) is 20.9. The molecule has 1 heterocycles. The van der Waals surface area contributed by atoms with Crippen molar-refractivity contribution in [3.63, 3.8) is 0 Å². The highest BCUT2D eigenvalue weighted by Crippen LogP contribution is 2.28. The summed E-state index contributed by atoms with van der Waals surface area (Å²) in [5.74, 6) is 0.549. The SMILES string of the molecule is COc1ccc(C(=O)NCC(C)(C)N2CCCC(C)C2)cc1S(=O)(=O)N(C)Cc1ccccc1. The minimum absolute atomic E-state index is 0.0230. The van der Waals surface area contributed by atoms with Crippen molar-refractivity contribution in [1.82, 2.24) is 14.5 Å². The van der Waals surface area contributed by atoms with Crippen molar-refractivity contribution < 1.29 is 17.9 Å². The van der Waals surface area contributed by atoms with Gasteiger partial charge in [0.1, 0.15) is 10.6 Å². The smallest absolute Gasteiger partial charge is 0.251 e. The Labute approximate surface area is 204 Å². The van der Waals surface area contributed by atoms with Crippen LogP contribution in [-0.4, -0.2) is 62.9 Å². The van der Waals surface area contributed by atoms with Crippen LogP contribution in [0.15, 0.2) is 53.4 Å². The number of sulfonamides is 1. The van der Waals surface area contributed by atoms with E-state index in [4.69, 9.17) is 4.74 Å². The molecule has 0 bridgehead atoms. The molecule has 2 aromatic carbocycles. The molecule has 1 fully saturated rings. The Balaban J connectivity index is 1.76. The van der Waals surface area contributed by atoms with Gasteiger partial charge in [0, 0.05) is 37.8 Å². The lowest BCUT2D eigenvalue weighted by molar-refractivity contribution is 0.0657. The average molecular weight is 488 g/mol. The molecule has 0 aliphatic carbocycles. The maximum absolute atomic E-state index is 13.4. The summed E-state index contributed by atoms with van der Waals surface area (Å²) >= 11 is 0. The lowest BCUT2D eigenvalue weighted by Crippen LogP contribution is -2.54. The third-order valence-corrected chi connectivity index (χ3v) is 8.38. The number of likely N-dealkylation sites (tertiary alicyclic amines) is 1. The summed E-state index contributed by atoms with van der Waals surface area (Å²) in [5, 5.41) is 3.01. The quantitative estimate of drug-likeness (QED) is 0.583. The number of piperidine rings is 1. The molecule has 2 aromatic rings. The molecule has 186 valence electrons. The van der Waals surface area contributed by atoms with E-state index in [1.54, 1.807) is 6.07 Å². The predicted molar refractivity (Wildman–Crippen MR) is 134 cm³/mol. The first kappa shape index (κ1) is 26.2. The van der Waals surface area contributed by atoms with E-state index in [9.17, 15) is 13.2 Å². The molecule has 0 aromatic heterocycles. The standard InChI is InChI=1S/C26H37N3O4S/c1-20-10-9-15-29(17-20)26(2,3)19-27-25(30)22-13-14-23(33-5)24(16-22)34(31,32)28(4)18-21-11-7-6-8-12-21/h6-8,11-14,16,20H,9-10,15,17-19H2,1-5H3,(H,27,30). The number of benzene rings is 2. The number of methoxy groups -OCH3 is 1. The van der Waals surface area contributed by atoms with Gasteiger partial charge in [-0.3, -0.25) is 9.69 Å². The van der Waals surface area contributed by atoms with E-state index in [-0.39, 0.29) is 34.2 Å². The first-order valence-electron chi connectivity index (χ1n) is 11.8. The number of hydrogen-bond donors (Lipinski definition) is 1. The van der Waals surface area contributed by atoms with E-state index in [2.05, 4.69) is 31.0 Å². The highest BCUT2D eigenvalue weighted by molar-refractivity contribution is 7.89. The van der Waals surface area contributed by atoms with Crippen molar-refractivity contribution in [2.75, 3.05) is 33.8 Å². The summed E-state index contributed by atoms with van der Waals surface area (Å²) in [5.41, 5.74) is 0.965. The molecule has 0 saturated carbocycles. The van der Waals surface area contributed by atoms with E-state index in [1.165, 1.54) is 37.0 Å². The lowest BCUT2D eigenvalue weighted by Gasteiger charge is -2.43. The molecule has 1 unspecified atom stereocenters. The second-order valence-corrected chi connectivity index (χ2v) is 11.8. The zero-order chi connectivity index (χ0) is 24.9. The van der Waals surface area contributed by atoms with Gasteiger partial charge in [-0.15, -0.1) is 0 Å². The van der Waals surface area contributed by atoms with Gasteiger partial charge in [0.05, 0.1) is 7.11 Å². The Hall–Kier alpha value is -2.42. The normalized spacial score (nSPS) is 17.5. The number of ether oxygens (including phenoxy) is 1. The zero-order valence-corrected chi connectivity index (χ0v) is 21.7. The molecule has 1 aliphatic heterocycles. The van der Waals surface area contributed by atoms with Gasteiger partial charge in [0.2, 0.25) is 10.0 Å². The molecular formula is C26H37N3O4S. The Morgan fingerprint density at radius 1 is 1.21 bits per heavy atom. The van der Waals surface area contributed by atoms with Crippen LogP contribution in [0.3, 0.4) is 0 Å². The van der Waals surface area contributed by atoms with Gasteiger partial charge >= 0.3 is 0 Å². The summed E-state index contributed by atoms with van der Waals surface area (Å²) < 4.78 is 33.3. The summed E-state index contributed by atoms with van der Waals surface area (Å²) in [6.07, 6.45) is 2.40. The van der Waals surface area contributed by atoms with Crippen LogP contribution < -0.4 is 10.1 Å². The first-order valence-corrected chi connectivity index (χ1v) is 13.2. The van der Waals surface area contributed by atoms with Crippen molar-refractivity contribution in [2.24, 2.45) is 5.92 Å². The number of hydrogen-bond acceptors (Lipinski definition) is 5. The van der Waals surface area contributed by atoms with E-state index in [0.29, 0.717) is 12.5 Å². The molecule has 1 N–H and O–H groups in total. The molecule has 1 atom stereocenters. The van der Waals surface area contributed by atoms with Gasteiger partial charge in [-0.05, 0) is 62.9 Å². The van der Waals surface area contributed by atoms with Crippen molar-refractivity contribution in [2.45, 2.75) is 50.6 Å². The molecule has 7 nitrogen and oxygen atoms in total. The van der Waals surface area contributed by atoms with E-state index >= 15 is 0 Å². The molecule has 1 aliphatic rings. The van der Waals surface area contributed by atoms with Gasteiger partial charge in [0.25, 0.3) is 5.91 Å². The van der Waals surface area contributed by atoms with Crippen LogP contribution in [0, 0.1) is 5.92 Å². The van der Waals surface area contributed by atoms with Crippen LogP contribution >= 0.6 is 0 Å². The Morgan fingerprint density at radius 3 is 2.56 bits per heavy atom. The van der Waals surface area contributed by atoms with Gasteiger partial charge in [-0.25, -0.2) is 8.42 Å². The summed E-state index contributed by atoms with van der Waals surface area (Å²) in [6.45, 7) is 9.25.